The minimum atomic E-state index is -2.37. The van der Waals surface area contributed by atoms with E-state index in [0.29, 0.717) is 37.3 Å². The molecule has 0 atom stereocenters. The van der Waals surface area contributed by atoms with Gasteiger partial charge in [0.2, 0.25) is 6.17 Å². The predicted molar refractivity (Wildman–Crippen MR) is 153 cm³/mol. The smallest absolute Gasteiger partial charge is 0.335 e. The van der Waals surface area contributed by atoms with Crippen molar-refractivity contribution in [2.24, 2.45) is 0 Å². The molecule has 41 heavy (non-hydrogen) atoms. The van der Waals surface area contributed by atoms with Crippen molar-refractivity contribution in [3.05, 3.63) is 87.6 Å². The molecule has 0 aromatic heterocycles. The molecule has 0 amide bonds. The number of benzene rings is 2. The van der Waals surface area contributed by atoms with Crippen molar-refractivity contribution in [2.45, 2.75) is 43.7 Å². The Morgan fingerprint density at radius 2 is 1.71 bits per heavy atom. The van der Waals surface area contributed by atoms with Crippen LogP contribution < -0.4 is 15.2 Å². The highest BCUT2D eigenvalue weighted by molar-refractivity contribution is 7.00. The van der Waals surface area contributed by atoms with Crippen molar-refractivity contribution in [2.75, 3.05) is 31.1 Å². The van der Waals surface area contributed by atoms with Gasteiger partial charge in [-0.1, -0.05) is 31.4 Å². The zero-order valence-corrected chi connectivity index (χ0v) is 23.5. The molecule has 1 spiro atoms. The van der Waals surface area contributed by atoms with E-state index in [9.17, 15) is 28.6 Å². The molecular formula is C32H30F2N2O4Si. The van der Waals surface area contributed by atoms with E-state index in [1.807, 2.05) is 33.8 Å². The SMILES string of the molecule is O=C(O)c1ccc(C(=O)[O-])c(C2=C3C=CC(=[N+]4CC(F)C4)C=C3[Si]3(CCCCC3)c3cc(N4CC(F)C4)ccc32)c1. The molecular weight excluding hydrogens is 542 g/mol. The number of carboxylic acid groups (broad SMARTS) is 2. The summed E-state index contributed by atoms with van der Waals surface area (Å²) in [7, 11) is -2.37. The molecule has 1 aliphatic carbocycles. The first-order valence-corrected chi connectivity index (χ1v) is 16.7. The van der Waals surface area contributed by atoms with E-state index >= 15 is 0 Å². The number of anilines is 1. The number of hydrogen-bond donors (Lipinski definition) is 1. The second-order valence-corrected chi connectivity index (χ2v) is 16.1. The molecule has 6 nitrogen and oxygen atoms in total. The van der Waals surface area contributed by atoms with E-state index in [-0.39, 0.29) is 11.1 Å². The van der Waals surface area contributed by atoms with Crippen LogP contribution in [0.25, 0.3) is 5.57 Å². The maximum absolute atomic E-state index is 13.9. The van der Waals surface area contributed by atoms with Crippen LogP contribution in [0.3, 0.4) is 0 Å². The quantitative estimate of drug-likeness (QED) is 0.449. The third kappa shape index (κ3) is 4.12. The van der Waals surface area contributed by atoms with E-state index in [1.165, 1.54) is 28.6 Å². The minimum Gasteiger partial charge on any atom is -0.545 e. The monoisotopic (exact) mass is 572 g/mol. The van der Waals surface area contributed by atoms with Gasteiger partial charge in [0.25, 0.3) is 0 Å². The summed E-state index contributed by atoms with van der Waals surface area (Å²) in [6.45, 7) is 1.39. The van der Waals surface area contributed by atoms with Gasteiger partial charge in [-0.3, -0.25) is 0 Å². The fraction of sp³-hybridized carbons (Fsp3) is 0.344. The van der Waals surface area contributed by atoms with Gasteiger partial charge in [0.05, 0.1) is 24.6 Å². The Hall–Kier alpha value is -3.85. The molecule has 2 aromatic rings. The van der Waals surface area contributed by atoms with Gasteiger partial charge in [-0.15, -0.1) is 0 Å². The molecule has 4 heterocycles. The van der Waals surface area contributed by atoms with Gasteiger partial charge in [-0.25, -0.2) is 18.2 Å². The first-order chi connectivity index (χ1) is 19.7. The number of nitrogens with zero attached hydrogens (tertiary/aromatic N) is 2. The normalized spacial score (nSPS) is 23.0. The molecule has 0 bridgehead atoms. The lowest BCUT2D eigenvalue weighted by molar-refractivity contribution is -0.599. The second-order valence-electron chi connectivity index (χ2n) is 11.8. The molecule has 9 heteroatoms. The molecule has 0 radical (unpaired) electrons. The van der Waals surface area contributed by atoms with Crippen molar-refractivity contribution in [1.29, 1.82) is 0 Å². The summed E-state index contributed by atoms with van der Waals surface area (Å²) in [6.07, 6.45) is 7.79. The van der Waals surface area contributed by atoms with Crippen LogP contribution in [0.4, 0.5) is 14.5 Å². The van der Waals surface area contributed by atoms with Crippen LogP contribution in [0, 0.1) is 0 Å². The van der Waals surface area contributed by atoms with Crippen LogP contribution in [0.1, 0.15) is 51.1 Å². The topological polar surface area (TPSA) is 83.7 Å². The summed E-state index contributed by atoms with van der Waals surface area (Å²) in [5, 5.41) is 24.5. The number of rotatable bonds is 4. The van der Waals surface area contributed by atoms with Gasteiger partial charge in [0.15, 0.2) is 18.8 Å². The number of carbonyl (C=O) groups excluding carboxylic acids is 1. The van der Waals surface area contributed by atoms with Gasteiger partial charge in [-0.05, 0) is 75.1 Å². The summed E-state index contributed by atoms with van der Waals surface area (Å²) in [5.41, 5.74) is 4.66. The van der Waals surface area contributed by atoms with Crippen molar-refractivity contribution < 1.29 is 33.2 Å². The number of aromatic carboxylic acids is 2. The number of halogens is 2. The molecule has 1 N–H and O–H groups in total. The standard InChI is InChI=1S/C32H30F2N2O4Si/c33-20-15-35(16-20)22-5-8-25-28(13-22)41(10-2-1-3-11-41)29-14-23(36-17-21(34)18-36)6-9-26(29)30(25)27-12-19(31(37)38)4-7-24(27)32(39)40/h4-9,12-14,20-21H,1-3,10-11,15-18H2,(H-,37,38,39,40). The lowest BCUT2D eigenvalue weighted by atomic mass is 9.86. The molecule has 2 aromatic carbocycles. The maximum Gasteiger partial charge on any atom is 0.335 e. The average Bonchev–Trinajstić information content (AvgIpc) is 2.94. The summed E-state index contributed by atoms with van der Waals surface area (Å²) >= 11 is 0. The molecule has 3 fully saturated rings. The Balaban J connectivity index is 1.53. The number of carboxylic acids is 2. The predicted octanol–water partition coefficient (Wildman–Crippen LogP) is 3.40. The number of hydrogen-bond acceptors (Lipinski definition) is 4. The number of allylic oxidation sites excluding steroid dienone is 5. The van der Waals surface area contributed by atoms with Gasteiger partial charge in [0, 0.05) is 23.4 Å². The van der Waals surface area contributed by atoms with Crippen molar-refractivity contribution in [3.63, 3.8) is 0 Å². The molecule has 5 aliphatic rings. The Morgan fingerprint density at radius 3 is 2.37 bits per heavy atom. The van der Waals surface area contributed by atoms with Crippen molar-refractivity contribution >= 4 is 42.2 Å². The maximum atomic E-state index is 13.9. The highest BCUT2D eigenvalue weighted by Crippen LogP contribution is 2.48. The first-order valence-electron chi connectivity index (χ1n) is 14.3. The Kier molecular flexibility index (Phi) is 6.11. The minimum absolute atomic E-state index is 0.00632. The Bertz CT molecular complexity index is 1620. The molecule has 3 saturated heterocycles. The van der Waals surface area contributed by atoms with E-state index < -0.39 is 32.4 Å². The number of alkyl halides is 2. The Labute approximate surface area is 237 Å². The molecule has 210 valence electrons. The van der Waals surface area contributed by atoms with Crippen LogP contribution in [0.5, 0.6) is 0 Å². The van der Waals surface area contributed by atoms with E-state index in [2.05, 4.69) is 12.1 Å². The molecule has 0 saturated carbocycles. The van der Waals surface area contributed by atoms with Crippen molar-refractivity contribution in [3.8, 4) is 0 Å². The lowest BCUT2D eigenvalue weighted by Crippen LogP contribution is -2.56. The van der Waals surface area contributed by atoms with E-state index in [1.54, 1.807) is 0 Å². The summed E-state index contributed by atoms with van der Waals surface area (Å²) in [4.78, 5) is 26.4. The van der Waals surface area contributed by atoms with E-state index in [0.717, 1.165) is 53.9 Å². The van der Waals surface area contributed by atoms with Gasteiger partial charge in [-0.2, -0.15) is 0 Å². The zero-order valence-electron chi connectivity index (χ0n) is 22.5. The lowest BCUT2D eigenvalue weighted by Gasteiger charge is -2.46. The van der Waals surface area contributed by atoms with E-state index in [4.69, 9.17) is 0 Å². The van der Waals surface area contributed by atoms with Crippen LogP contribution in [-0.2, 0) is 0 Å². The summed E-state index contributed by atoms with van der Waals surface area (Å²) in [6, 6.07) is 12.3. The van der Waals surface area contributed by atoms with Gasteiger partial charge >= 0.3 is 5.97 Å². The third-order valence-electron chi connectivity index (χ3n) is 9.44. The van der Waals surface area contributed by atoms with Gasteiger partial charge in [0.1, 0.15) is 14.2 Å². The number of fused-ring (bicyclic) bond motifs is 4. The average molecular weight is 573 g/mol. The van der Waals surface area contributed by atoms with Crippen molar-refractivity contribution in [1.82, 2.24) is 0 Å². The summed E-state index contributed by atoms with van der Waals surface area (Å²) < 4.78 is 29.7. The highest BCUT2D eigenvalue weighted by atomic mass is 28.3. The fourth-order valence-corrected chi connectivity index (χ4v) is 12.9. The largest absolute Gasteiger partial charge is 0.545 e. The first kappa shape index (κ1) is 26.1. The van der Waals surface area contributed by atoms with Crippen LogP contribution in [-0.4, -0.2) is 73.9 Å². The van der Waals surface area contributed by atoms with Crippen LogP contribution in [0.2, 0.25) is 12.1 Å². The molecule has 7 rings (SSSR count). The molecule has 4 aliphatic heterocycles. The third-order valence-corrected chi connectivity index (χ3v) is 14.7. The Morgan fingerprint density at radius 1 is 0.951 bits per heavy atom. The van der Waals surface area contributed by atoms with Crippen LogP contribution in [0.15, 0.2) is 65.4 Å². The second kappa shape index (κ2) is 9.62. The van der Waals surface area contributed by atoms with Gasteiger partial charge < -0.3 is 19.9 Å². The van der Waals surface area contributed by atoms with Crippen LogP contribution >= 0.6 is 0 Å². The molecule has 0 unspecified atom stereocenters. The number of carbonyl (C=O) groups is 2. The summed E-state index contributed by atoms with van der Waals surface area (Å²) in [5.74, 6) is -2.52. The highest BCUT2D eigenvalue weighted by Gasteiger charge is 2.48. The zero-order chi connectivity index (χ0) is 28.5. The fourth-order valence-electron chi connectivity index (χ4n) is 7.29.